The van der Waals surface area contributed by atoms with Crippen LogP contribution in [0.5, 0.6) is 0 Å². The summed E-state index contributed by atoms with van der Waals surface area (Å²) in [6.45, 7) is 1.88. The van der Waals surface area contributed by atoms with Gasteiger partial charge in [0.1, 0.15) is 0 Å². The minimum Gasteiger partial charge on any atom is -0.394 e. The van der Waals surface area contributed by atoms with Gasteiger partial charge in [-0.2, -0.15) is 0 Å². The number of nitrogens with zero attached hydrogens (tertiary/aromatic N) is 2. The number of ether oxygens (including phenoxy) is 1. The summed E-state index contributed by atoms with van der Waals surface area (Å²) in [4.78, 5) is 18.1. The van der Waals surface area contributed by atoms with Gasteiger partial charge >= 0.3 is 0 Å². The molecule has 0 atom stereocenters. The molecule has 104 valence electrons. The van der Waals surface area contributed by atoms with E-state index in [-0.39, 0.29) is 18.6 Å². The van der Waals surface area contributed by atoms with Crippen molar-refractivity contribution in [3.63, 3.8) is 0 Å². The molecular formula is C14H20N2O3. The molecule has 1 fully saturated rings. The maximum atomic E-state index is 12.1. The summed E-state index contributed by atoms with van der Waals surface area (Å²) < 4.78 is 5.48. The molecule has 1 saturated heterocycles. The highest BCUT2D eigenvalue weighted by Crippen LogP contribution is 2.14. The molecular weight excluding hydrogens is 244 g/mol. The average molecular weight is 264 g/mol. The zero-order valence-corrected chi connectivity index (χ0v) is 11.0. The van der Waals surface area contributed by atoms with Gasteiger partial charge in [-0.3, -0.25) is 9.78 Å². The number of pyridine rings is 1. The molecule has 0 unspecified atom stereocenters. The molecule has 0 bridgehead atoms. The van der Waals surface area contributed by atoms with Crippen LogP contribution in [0.15, 0.2) is 24.4 Å². The van der Waals surface area contributed by atoms with Gasteiger partial charge in [-0.1, -0.05) is 6.07 Å². The Bertz CT molecular complexity index is 389. The van der Waals surface area contributed by atoms with E-state index in [2.05, 4.69) is 4.98 Å². The van der Waals surface area contributed by atoms with E-state index in [0.29, 0.717) is 13.0 Å². The lowest BCUT2D eigenvalue weighted by Crippen LogP contribution is -2.41. The van der Waals surface area contributed by atoms with Crippen molar-refractivity contribution in [1.82, 2.24) is 9.88 Å². The zero-order valence-electron chi connectivity index (χ0n) is 11.0. The highest BCUT2D eigenvalue weighted by Gasteiger charge is 2.23. The van der Waals surface area contributed by atoms with Gasteiger partial charge in [0, 0.05) is 25.0 Å². The quantitative estimate of drug-likeness (QED) is 0.847. The molecule has 1 aliphatic heterocycles. The number of amides is 1. The normalized spacial score (nSPS) is 16.6. The molecule has 0 spiro atoms. The third-order valence-corrected chi connectivity index (χ3v) is 3.30. The van der Waals surface area contributed by atoms with Crippen LogP contribution in [0, 0.1) is 0 Å². The first-order valence-corrected chi connectivity index (χ1v) is 6.69. The molecule has 0 aliphatic carbocycles. The van der Waals surface area contributed by atoms with Gasteiger partial charge in [-0.15, -0.1) is 0 Å². The Morgan fingerprint density at radius 3 is 2.84 bits per heavy atom. The number of aliphatic hydroxyl groups excluding tert-OH is 1. The van der Waals surface area contributed by atoms with E-state index in [0.717, 1.165) is 31.6 Å². The lowest BCUT2D eigenvalue weighted by atomic mass is 10.1. The molecule has 5 nitrogen and oxygen atoms in total. The number of rotatable bonds is 5. The second-order valence-corrected chi connectivity index (χ2v) is 4.67. The molecule has 19 heavy (non-hydrogen) atoms. The number of carbonyl (C=O) groups excluding carboxylic acids is 1. The van der Waals surface area contributed by atoms with Crippen LogP contribution in [0.3, 0.4) is 0 Å². The molecule has 1 N–H and O–H groups in total. The monoisotopic (exact) mass is 264 g/mol. The van der Waals surface area contributed by atoms with Gasteiger partial charge in [-0.05, 0) is 25.0 Å². The molecule has 1 aromatic rings. The van der Waals surface area contributed by atoms with E-state index in [1.54, 1.807) is 6.20 Å². The summed E-state index contributed by atoms with van der Waals surface area (Å²) in [6, 6.07) is 5.61. The van der Waals surface area contributed by atoms with Crippen molar-refractivity contribution >= 4 is 5.91 Å². The van der Waals surface area contributed by atoms with E-state index in [4.69, 9.17) is 9.84 Å². The fourth-order valence-corrected chi connectivity index (χ4v) is 2.26. The van der Waals surface area contributed by atoms with Crippen molar-refractivity contribution in [3.05, 3.63) is 30.1 Å². The summed E-state index contributed by atoms with van der Waals surface area (Å²) in [7, 11) is 0. The standard InChI is InChI=1S/C14H20N2O3/c17-9-10-19-13-4-7-16(8-5-13)14(18)11-12-3-1-2-6-15-12/h1-3,6,13,17H,4-5,7-11H2. The van der Waals surface area contributed by atoms with Crippen LogP contribution >= 0.6 is 0 Å². The molecule has 1 aromatic heterocycles. The summed E-state index contributed by atoms with van der Waals surface area (Å²) in [5.74, 6) is 0.124. The maximum Gasteiger partial charge on any atom is 0.228 e. The van der Waals surface area contributed by atoms with E-state index in [9.17, 15) is 4.79 Å². The third kappa shape index (κ3) is 4.29. The second-order valence-electron chi connectivity index (χ2n) is 4.67. The minimum atomic E-state index is 0.0544. The van der Waals surface area contributed by atoms with Crippen molar-refractivity contribution in [1.29, 1.82) is 0 Å². The second kappa shape index (κ2) is 7.21. The first kappa shape index (κ1) is 14.0. The summed E-state index contributed by atoms with van der Waals surface area (Å²) in [5, 5.41) is 8.70. The van der Waals surface area contributed by atoms with Gasteiger partial charge in [0.2, 0.25) is 5.91 Å². The van der Waals surface area contributed by atoms with Crippen LogP contribution in [0.1, 0.15) is 18.5 Å². The van der Waals surface area contributed by atoms with Crippen molar-refractivity contribution < 1.29 is 14.6 Å². The maximum absolute atomic E-state index is 12.1. The first-order chi connectivity index (χ1) is 9.29. The van der Waals surface area contributed by atoms with Crippen LogP contribution < -0.4 is 0 Å². The molecule has 0 aromatic carbocycles. The van der Waals surface area contributed by atoms with Crippen molar-refractivity contribution in [2.75, 3.05) is 26.3 Å². The summed E-state index contributed by atoms with van der Waals surface area (Å²) in [6.07, 6.45) is 3.92. The Morgan fingerprint density at radius 1 is 1.42 bits per heavy atom. The largest absolute Gasteiger partial charge is 0.394 e. The number of hydrogen-bond donors (Lipinski definition) is 1. The van der Waals surface area contributed by atoms with E-state index in [1.807, 2.05) is 23.1 Å². The van der Waals surface area contributed by atoms with E-state index >= 15 is 0 Å². The Hall–Kier alpha value is -1.46. The Labute approximate surface area is 113 Å². The molecule has 0 radical (unpaired) electrons. The van der Waals surface area contributed by atoms with Crippen molar-refractivity contribution in [2.45, 2.75) is 25.4 Å². The predicted molar refractivity (Wildman–Crippen MR) is 70.6 cm³/mol. The molecule has 1 aliphatic rings. The van der Waals surface area contributed by atoms with Gasteiger partial charge in [0.15, 0.2) is 0 Å². The number of carbonyl (C=O) groups is 1. The molecule has 5 heteroatoms. The van der Waals surface area contributed by atoms with Crippen LogP contribution in [-0.4, -0.2) is 53.3 Å². The van der Waals surface area contributed by atoms with Crippen LogP contribution in [0.2, 0.25) is 0 Å². The molecule has 2 heterocycles. The Balaban J connectivity index is 1.76. The average Bonchev–Trinajstić information content (AvgIpc) is 2.46. The minimum absolute atomic E-state index is 0.0544. The highest BCUT2D eigenvalue weighted by molar-refractivity contribution is 5.78. The molecule has 1 amide bonds. The predicted octanol–water partition coefficient (Wildman–Crippen LogP) is 0.624. The summed E-state index contributed by atoms with van der Waals surface area (Å²) in [5.41, 5.74) is 0.811. The lowest BCUT2D eigenvalue weighted by molar-refractivity contribution is -0.133. The van der Waals surface area contributed by atoms with E-state index < -0.39 is 0 Å². The fourth-order valence-electron chi connectivity index (χ4n) is 2.26. The Kier molecular flexibility index (Phi) is 5.30. The van der Waals surface area contributed by atoms with Gasteiger partial charge in [0.05, 0.1) is 25.7 Å². The first-order valence-electron chi connectivity index (χ1n) is 6.69. The van der Waals surface area contributed by atoms with Crippen LogP contribution in [0.25, 0.3) is 0 Å². The van der Waals surface area contributed by atoms with E-state index in [1.165, 1.54) is 0 Å². The zero-order chi connectivity index (χ0) is 13.5. The number of piperidine rings is 1. The topological polar surface area (TPSA) is 62.7 Å². The van der Waals surface area contributed by atoms with Gasteiger partial charge in [-0.25, -0.2) is 0 Å². The number of hydrogen-bond acceptors (Lipinski definition) is 4. The lowest BCUT2D eigenvalue weighted by Gasteiger charge is -2.31. The third-order valence-electron chi connectivity index (χ3n) is 3.30. The van der Waals surface area contributed by atoms with Gasteiger partial charge in [0.25, 0.3) is 0 Å². The van der Waals surface area contributed by atoms with Crippen LogP contribution in [0.4, 0.5) is 0 Å². The smallest absolute Gasteiger partial charge is 0.228 e. The SMILES string of the molecule is O=C(Cc1ccccn1)N1CCC(OCCO)CC1. The number of likely N-dealkylation sites (tertiary alicyclic amines) is 1. The fraction of sp³-hybridized carbons (Fsp3) is 0.571. The molecule has 2 rings (SSSR count). The van der Waals surface area contributed by atoms with Crippen LogP contribution in [-0.2, 0) is 16.0 Å². The van der Waals surface area contributed by atoms with Crippen molar-refractivity contribution in [2.24, 2.45) is 0 Å². The highest BCUT2D eigenvalue weighted by atomic mass is 16.5. The number of aromatic nitrogens is 1. The van der Waals surface area contributed by atoms with Crippen molar-refractivity contribution in [3.8, 4) is 0 Å². The number of aliphatic hydroxyl groups is 1. The summed E-state index contributed by atoms with van der Waals surface area (Å²) >= 11 is 0. The Morgan fingerprint density at radius 2 is 2.21 bits per heavy atom. The van der Waals surface area contributed by atoms with Gasteiger partial charge < -0.3 is 14.7 Å². The molecule has 0 saturated carbocycles.